The van der Waals surface area contributed by atoms with Crippen molar-refractivity contribution in [3.8, 4) is 5.75 Å². The summed E-state index contributed by atoms with van der Waals surface area (Å²) in [6.45, 7) is 2.40. The number of hydrogen-bond acceptors (Lipinski definition) is 8. The molecule has 0 spiro atoms. The summed E-state index contributed by atoms with van der Waals surface area (Å²) in [6, 6.07) is 17.8. The van der Waals surface area contributed by atoms with Crippen molar-refractivity contribution < 1.29 is 41.0 Å². The average Bonchev–Trinajstić information content (AvgIpc) is 3.45. The van der Waals surface area contributed by atoms with E-state index in [-0.39, 0.29) is 17.3 Å². The van der Waals surface area contributed by atoms with E-state index in [1.165, 1.54) is 4.31 Å². The molecule has 11 nitrogen and oxygen atoms in total. The van der Waals surface area contributed by atoms with Crippen LogP contribution in [0.3, 0.4) is 0 Å². The molecule has 3 aromatic carbocycles. The van der Waals surface area contributed by atoms with Crippen LogP contribution in [-0.2, 0) is 19.6 Å². The van der Waals surface area contributed by atoms with E-state index in [2.05, 4.69) is 14.9 Å². The fraction of sp³-hybridized carbons (Fsp3) is 0.267. The van der Waals surface area contributed by atoms with Gasteiger partial charge in [0.2, 0.25) is 5.91 Å². The van der Waals surface area contributed by atoms with Crippen LogP contribution in [0.15, 0.2) is 84.1 Å². The number of carbonyl (C=O) groups excluding carboxylic acids is 1. The number of ether oxygens (including phenoxy) is 1. The molecule has 2 aliphatic heterocycles. The molecule has 1 aromatic heterocycles. The number of hydrogen-bond donors (Lipinski definition) is 1. The molecule has 1 N–H and O–H groups in total. The Morgan fingerprint density at radius 2 is 1.58 bits per heavy atom. The number of rotatable bonds is 5. The molecule has 0 aliphatic carbocycles. The third kappa shape index (κ3) is 6.34. The first-order valence-corrected chi connectivity index (χ1v) is 15.1. The van der Waals surface area contributed by atoms with Crippen molar-refractivity contribution in [2.75, 3.05) is 49.0 Å². The van der Waals surface area contributed by atoms with Crippen molar-refractivity contribution in [3.63, 3.8) is 0 Å². The number of aliphatic carboxylic acids is 1. The lowest BCUT2D eigenvalue weighted by molar-refractivity contribution is -0.192. The number of para-hydroxylation sites is 1. The van der Waals surface area contributed by atoms with Gasteiger partial charge in [-0.2, -0.15) is 13.2 Å². The minimum absolute atomic E-state index is 0.0608. The number of methoxy groups -OCH3 is 1. The van der Waals surface area contributed by atoms with Gasteiger partial charge in [0.05, 0.1) is 36.4 Å². The summed E-state index contributed by atoms with van der Waals surface area (Å²) in [5.74, 6) is -2.00. The molecule has 0 radical (unpaired) electrons. The molecule has 0 bridgehead atoms. The number of anilines is 2. The zero-order chi connectivity index (χ0) is 32.4. The van der Waals surface area contributed by atoms with E-state index in [9.17, 15) is 26.4 Å². The monoisotopic (exact) mass is 643 g/mol. The Bertz CT molecular complexity index is 1820. The molecular weight excluding hydrogens is 615 g/mol. The van der Waals surface area contributed by atoms with Gasteiger partial charge in [0.25, 0.3) is 10.0 Å². The van der Waals surface area contributed by atoms with Gasteiger partial charge in [-0.1, -0.05) is 42.5 Å². The van der Waals surface area contributed by atoms with Gasteiger partial charge in [-0.15, -0.1) is 0 Å². The average molecular weight is 644 g/mol. The van der Waals surface area contributed by atoms with Gasteiger partial charge < -0.3 is 19.6 Å². The Balaban J connectivity index is 0.000000515. The topological polar surface area (TPSA) is 133 Å². The minimum atomic E-state index is -5.08. The molecule has 2 aliphatic rings. The summed E-state index contributed by atoms with van der Waals surface area (Å²) in [5, 5.41) is 8.43. The highest BCUT2D eigenvalue weighted by Gasteiger charge is 2.42. The molecule has 15 heteroatoms. The summed E-state index contributed by atoms with van der Waals surface area (Å²) in [6.07, 6.45) is -0.0744. The third-order valence-electron chi connectivity index (χ3n) is 7.57. The maximum Gasteiger partial charge on any atom is 0.490 e. The van der Waals surface area contributed by atoms with Crippen LogP contribution in [0.5, 0.6) is 5.75 Å². The number of benzene rings is 3. The Morgan fingerprint density at radius 1 is 0.933 bits per heavy atom. The van der Waals surface area contributed by atoms with Gasteiger partial charge in [0, 0.05) is 49.3 Å². The second-order valence-corrected chi connectivity index (χ2v) is 12.0. The fourth-order valence-corrected chi connectivity index (χ4v) is 7.11. The number of carbonyl (C=O) groups is 2. The number of amides is 1. The number of nitrogens with zero attached hydrogens (tertiary/aromatic N) is 5. The van der Waals surface area contributed by atoms with Crippen LogP contribution in [0.2, 0.25) is 0 Å². The molecule has 4 aromatic rings. The highest BCUT2D eigenvalue weighted by molar-refractivity contribution is 7.93. The fourth-order valence-electron chi connectivity index (χ4n) is 5.41. The van der Waals surface area contributed by atoms with Crippen LogP contribution in [0.25, 0.3) is 10.8 Å². The number of halogens is 3. The summed E-state index contributed by atoms with van der Waals surface area (Å²) in [7, 11) is -2.40. The van der Waals surface area contributed by atoms with Gasteiger partial charge in [-0.25, -0.2) is 18.2 Å². The molecule has 1 amide bonds. The maximum atomic E-state index is 14.1. The van der Waals surface area contributed by atoms with E-state index in [0.29, 0.717) is 43.0 Å². The Hall–Kier alpha value is -4.92. The second-order valence-electron chi connectivity index (χ2n) is 10.1. The van der Waals surface area contributed by atoms with Gasteiger partial charge >= 0.3 is 12.1 Å². The van der Waals surface area contributed by atoms with Crippen LogP contribution in [0, 0.1) is 0 Å². The predicted molar refractivity (Wildman–Crippen MR) is 159 cm³/mol. The van der Waals surface area contributed by atoms with Gasteiger partial charge in [0.1, 0.15) is 11.6 Å². The molecule has 0 saturated carbocycles. The lowest BCUT2D eigenvalue weighted by atomic mass is 9.99. The number of fused-ring (bicyclic) bond motifs is 2. The van der Waals surface area contributed by atoms with Crippen LogP contribution < -0.4 is 13.9 Å². The summed E-state index contributed by atoms with van der Waals surface area (Å²) in [4.78, 5) is 35.3. The molecular formula is C30H28F3N5O6S. The minimum Gasteiger partial charge on any atom is -0.496 e. The van der Waals surface area contributed by atoms with Crippen molar-refractivity contribution in [3.05, 3.63) is 84.8 Å². The zero-order valence-corrected chi connectivity index (χ0v) is 24.7. The third-order valence-corrected chi connectivity index (χ3v) is 9.40. The van der Waals surface area contributed by atoms with E-state index in [1.807, 2.05) is 35.2 Å². The number of carboxylic acids is 1. The van der Waals surface area contributed by atoms with E-state index < -0.39 is 28.1 Å². The first-order chi connectivity index (χ1) is 21.4. The number of sulfonamides is 1. The SMILES string of the molecule is COc1ccc(S(=O)(=O)N2CC(C(=O)N3CCN(c4cnccn4)CC3)c3ccccc32)c2ccccc12.O=C(O)C(F)(F)F. The first-order valence-electron chi connectivity index (χ1n) is 13.7. The zero-order valence-electron chi connectivity index (χ0n) is 23.9. The normalized spacial score (nSPS) is 16.5. The molecule has 236 valence electrons. The van der Waals surface area contributed by atoms with Crippen LogP contribution in [0.1, 0.15) is 11.5 Å². The lowest BCUT2D eigenvalue weighted by Gasteiger charge is -2.36. The molecule has 1 fully saturated rings. The van der Waals surface area contributed by atoms with Crippen LogP contribution >= 0.6 is 0 Å². The number of carboxylic acid groups (broad SMARTS) is 1. The van der Waals surface area contributed by atoms with Crippen LogP contribution in [-0.4, -0.2) is 86.3 Å². The number of alkyl halides is 3. The standard InChI is InChI=1S/C28H27N5O4S.C2HF3O2/c1-37-25-10-11-26(22-8-3-2-7-21(22)25)38(35,36)33-19-23(20-6-4-5-9-24(20)33)28(34)32-16-14-31(15-17-32)27-18-29-12-13-30-27;3-2(4,5)1(6)7/h2-13,18,23H,14-17,19H2,1H3;(H,6,7). The quantitative estimate of drug-likeness (QED) is 0.344. The predicted octanol–water partition coefficient (Wildman–Crippen LogP) is 3.91. The van der Waals surface area contributed by atoms with Crippen molar-refractivity contribution in [1.82, 2.24) is 14.9 Å². The largest absolute Gasteiger partial charge is 0.496 e. The summed E-state index contributed by atoms with van der Waals surface area (Å²) >= 11 is 0. The van der Waals surface area contributed by atoms with E-state index >= 15 is 0 Å². The molecule has 1 saturated heterocycles. The van der Waals surface area contributed by atoms with Crippen molar-refractivity contribution >= 4 is 44.2 Å². The van der Waals surface area contributed by atoms with Crippen molar-refractivity contribution in [2.45, 2.75) is 17.0 Å². The summed E-state index contributed by atoms with van der Waals surface area (Å²) in [5.41, 5.74) is 1.28. The Morgan fingerprint density at radius 3 is 2.20 bits per heavy atom. The molecule has 3 heterocycles. The van der Waals surface area contributed by atoms with Gasteiger partial charge in [-0.05, 0) is 23.8 Å². The van der Waals surface area contributed by atoms with Crippen molar-refractivity contribution in [2.24, 2.45) is 0 Å². The highest BCUT2D eigenvalue weighted by Crippen LogP contribution is 2.42. The first kappa shape index (κ1) is 31.5. The lowest BCUT2D eigenvalue weighted by Crippen LogP contribution is -2.50. The number of piperazine rings is 1. The van der Waals surface area contributed by atoms with Crippen molar-refractivity contribution in [1.29, 1.82) is 0 Å². The molecule has 6 rings (SSSR count). The maximum absolute atomic E-state index is 14.1. The Kier molecular flexibility index (Phi) is 8.82. The summed E-state index contributed by atoms with van der Waals surface area (Å²) < 4.78 is 66.8. The van der Waals surface area contributed by atoms with Gasteiger partial charge in [0.15, 0.2) is 0 Å². The second kappa shape index (κ2) is 12.6. The Labute approximate surface area is 256 Å². The smallest absolute Gasteiger partial charge is 0.490 e. The molecule has 1 atom stereocenters. The van der Waals surface area contributed by atoms with E-state index in [1.54, 1.807) is 56.0 Å². The highest BCUT2D eigenvalue weighted by atomic mass is 32.2. The molecule has 45 heavy (non-hydrogen) atoms. The number of aromatic nitrogens is 2. The molecule has 1 unspecified atom stereocenters. The van der Waals surface area contributed by atoms with E-state index in [0.717, 1.165) is 16.8 Å². The van der Waals surface area contributed by atoms with Gasteiger partial charge in [-0.3, -0.25) is 14.1 Å². The van der Waals surface area contributed by atoms with E-state index in [4.69, 9.17) is 14.6 Å². The van der Waals surface area contributed by atoms with Crippen LogP contribution in [0.4, 0.5) is 24.7 Å².